The van der Waals surface area contributed by atoms with Gasteiger partial charge in [-0.25, -0.2) is 4.79 Å². The Balaban J connectivity index is 1.52. The van der Waals surface area contributed by atoms with E-state index >= 15 is 0 Å². The van der Waals surface area contributed by atoms with Gasteiger partial charge in [0.1, 0.15) is 6.54 Å². The molecule has 3 amide bonds. The summed E-state index contributed by atoms with van der Waals surface area (Å²) in [5, 5.41) is 5.56. The molecule has 0 bridgehead atoms. The smallest absolute Gasteiger partial charge is 0.322 e. The fourth-order valence-corrected chi connectivity index (χ4v) is 6.33. The molecule has 2 heterocycles. The predicted molar refractivity (Wildman–Crippen MR) is 170 cm³/mol. The number of benzene rings is 2. The van der Waals surface area contributed by atoms with Crippen molar-refractivity contribution in [3.63, 3.8) is 0 Å². The number of methoxy groups -OCH3 is 2. The number of carbonyl (C=O) groups is 2. The van der Waals surface area contributed by atoms with E-state index in [1.54, 1.807) is 48.7 Å². The van der Waals surface area contributed by atoms with Crippen LogP contribution in [-0.4, -0.2) is 80.1 Å². The Morgan fingerprint density at radius 3 is 2.33 bits per heavy atom. The number of amides is 3. The number of carbonyl (C=O) groups excluding carboxylic acids is 2. The average molecular weight is 634 g/mol. The maximum atomic E-state index is 13.9. The van der Waals surface area contributed by atoms with E-state index in [1.165, 1.54) is 0 Å². The van der Waals surface area contributed by atoms with Gasteiger partial charge in [-0.2, -0.15) is 0 Å². The van der Waals surface area contributed by atoms with Crippen LogP contribution in [-0.2, 0) is 17.8 Å². The first-order valence-electron chi connectivity index (χ1n) is 14.0. The lowest BCUT2D eigenvalue weighted by molar-refractivity contribution is -0.132. The molecule has 1 N–H and O–H groups in total. The van der Waals surface area contributed by atoms with Crippen molar-refractivity contribution >= 4 is 52.2 Å². The van der Waals surface area contributed by atoms with E-state index in [0.717, 1.165) is 41.9 Å². The van der Waals surface area contributed by atoms with Gasteiger partial charge in [-0.1, -0.05) is 35.3 Å². The van der Waals surface area contributed by atoms with Gasteiger partial charge >= 0.3 is 6.03 Å². The molecule has 1 aromatic heterocycles. The summed E-state index contributed by atoms with van der Waals surface area (Å²) in [6.45, 7) is 6.00. The SMILES string of the molecule is COc1ccc(CCN(Cc2sccc2C)C(=O)CN(CCN2CCCC2)C(=O)Nc2c(Cl)cccc2Cl)cc1OC. The lowest BCUT2D eigenvalue weighted by Gasteiger charge is -2.29. The van der Waals surface area contributed by atoms with Crippen LogP contribution in [0.25, 0.3) is 0 Å². The molecule has 226 valence electrons. The van der Waals surface area contributed by atoms with E-state index in [0.29, 0.717) is 59.8 Å². The molecule has 4 rings (SSSR count). The zero-order valence-electron chi connectivity index (χ0n) is 24.3. The number of nitrogens with one attached hydrogen (secondary N) is 1. The lowest BCUT2D eigenvalue weighted by atomic mass is 10.1. The Hall–Kier alpha value is -2.98. The third kappa shape index (κ3) is 8.53. The van der Waals surface area contributed by atoms with Crippen LogP contribution in [0.3, 0.4) is 0 Å². The maximum Gasteiger partial charge on any atom is 0.322 e. The fourth-order valence-electron chi connectivity index (χ4n) is 4.92. The normalized spacial score (nSPS) is 13.2. The predicted octanol–water partition coefficient (Wildman–Crippen LogP) is 6.58. The maximum absolute atomic E-state index is 13.9. The van der Waals surface area contributed by atoms with Crippen molar-refractivity contribution in [2.45, 2.75) is 32.7 Å². The van der Waals surface area contributed by atoms with Gasteiger partial charge in [-0.05, 0) is 86.1 Å². The lowest BCUT2D eigenvalue weighted by Crippen LogP contribution is -2.47. The van der Waals surface area contributed by atoms with E-state index in [1.807, 2.05) is 35.4 Å². The summed E-state index contributed by atoms with van der Waals surface area (Å²) in [4.78, 5) is 34.3. The molecule has 1 aliphatic rings. The molecular formula is C31H38Cl2N4O4S. The van der Waals surface area contributed by atoms with Crippen molar-refractivity contribution in [3.05, 3.63) is 73.9 Å². The highest BCUT2D eigenvalue weighted by Gasteiger charge is 2.25. The molecule has 0 unspecified atom stereocenters. The number of urea groups is 1. The van der Waals surface area contributed by atoms with Gasteiger partial charge in [0.05, 0.1) is 36.5 Å². The van der Waals surface area contributed by atoms with Crippen LogP contribution in [0.5, 0.6) is 11.5 Å². The molecule has 0 radical (unpaired) electrons. The van der Waals surface area contributed by atoms with Crippen molar-refractivity contribution < 1.29 is 19.1 Å². The monoisotopic (exact) mass is 632 g/mol. The Morgan fingerprint density at radius 2 is 1.69 bits per heavy atom. The second-order valence-electron chi connectivity index (χ2n) is 10.3. The Labute approximate surface area is 262 Å². The summed E-state index contributed by atoms with van der Waals surface area (Å²) in [7, 11) is 3.21. The van der Waals surface area contributed by atoms with Gasteiger partial charge in [0.15, 0.2) is 11.5 Å². The van der Waals surface area contributed by atoms with Crippen LogP contribution in [0.4, 0.5) is 10.5 Å². The van der Waals surface area contributed by atoms with Crippen LogP contribution in [0.1, 0.15) is 28.8 Å². The molecule has 0 spiro atoms. The Bertz CT molecular complexity index is 1340. The standard InChI is InChI=1S/C31H38Cl2N4O4S/c1-22-12-18-42-28(22)20-36(15-11-23-9-10-26(40-2)27(19-23)41-3)29(38)21-37(17-16-35-13-4-5-14-35)31(39)34-30-24(32)7-6-8-25(30)33/h6-10,12,18-19H,4-5,11,13-17,20-21H2,1-3H3,(H,34,39). The fraction of sp³-hybridized carbons (Fsp3) is 0.419. The highest BCUT2D eigenvalue weighted by atomic mass is 35.5. The third-order valence-electron chi connectivity index (χ3n) is 7.47. The third-order valence-corrected chi connectivity index (χ3v) is 9.10. The number of ether oxygens (including phenoxy) is 2. The van der Waals surface area contributed by atoms with Crippen LogP contribution in [0.15, 0.2) is 47.8 Å². The van der Waals surface area contributed by atoms with Crippen molar-refractivity contribution in [3.8, 4) is 11.5 Å². The van der Waals surface area contributed by atoms with Crippen LogP contribution in [0.2, 0.25) is 10.0 Å². The molecule has 1 saturated heterocycles. The van der Waals surface area contributed by atoms with Gasteiger partial charge in [-0.3, -0.25) is 4.79 Å². The van der Waals surface area contributed by atoms with E-state index in [-0.39, 0.29) is 12.5 Å². The number of nitrogens with zero attached hydrogens (tertiary/aromatic N) is 3. The molecule has 1 fully saturated rings. The first kappa shape index (κ1) is 31.9. The molecule has 8 nitrogen and oxygen atoms in total. The van der Waals surface area contributed by atoms with Gasteiger partial charge in [0, 0.05) is 24.5 Å². The van der Waals surface area contributed by atoms with Gasteiger partial charge in [0.2, 0.25) is 5.91 Å². The van der Waals surface area contributed by atoms with E-state index in [4.69, 9.17) is 32.7 Å². The minimum atomic E-state index is -0.412. The highest BCUT2D eigenvalue weighted by molar-refractivity contribution is 7.10. The first-order chi connectivity index (χ1) is 20.3. The molecule has 1 aliphatic heterocycles. The summed E-state index contributed by atoms with van der Waals surface area (Å²) in [5.41, 5.74) is 2.50. The summed E-state index contributed by atoms with van der Waals surface area (Å²) in [6, 6.07) is 12.5. The van der Waals surface area contributed by atoms with E-state index in [2.05, 4.69) is 16.3 Å². The number of para-hydroxylation sites is 1. The largest absolute Gasteiger partial charge is 0.493 e. The molecule has 2 aromatic carbocycles. The summed E-state index contributed by atoms with van der Waals surface area (Å²) in [6.07, 6.45) is 2.90. The van der Waals surface area contributed by atoms with E-state index in [9.17, 15) is 9.59 Å². The zero-order chi connectivity index (χ0) is 30.1. The van der Waals surface area contributed by atoms with Gasteiger partial charge in [0.25, 0.3) is 0 Å². The highest BCUT2D eigenvalue weighted by Crippen LogP contribution is 2.30. The number of thiophene rings is 1. The zero-order valence-corrected chi connectivity index (χ0v) is 26.7. The Kier molecular flexibility index (Phi) is 11.8. The van der Waals surface area contributed by atoms with Crippen LogP contribution in [0, 0.1) is 6.92 Å². The number of anilines is 1. The van der Waals surface area contributed by atoms with Gasteiger partial charge < -0.3 is 29.5 Å². The minimum Gasteiger partial charge on any atom is -0.493 e. The molecule has 0 atom stereocenters. The number of hydrogen-bond acceptors (Lipinski definition) is 6. The minimum absolute atomic E-state index is 0.0713. The van der Waals surface area contributed by atoms with Crippen molar-refractivity contribution in [1.29, 1.82) is 0 Å². The van der Waals surface area contributed by atoms with Crippen LogP contribution < -0.4 is 14.8 Å². The molecule has 0 aliphatic carbocycles. The molecule has 3 aromatic rings. The summed E-state index contributed by atoms with van der Waals surface area (Å²) >= 11 is 14.3. The second-order valence-corrected chi connectivity index (χ2v) is 12.1. The molecule has 11 heteroatoms. The first-order valence-corrected chi connectivity index (χ1v) is 15.7. The quantitative estimate of drug-likeness (QED) is 0.230. The number of halogens is 2. The van der Waals surface area contributed by atoms with Crippen LogP contribution >= 0.6 is 34.5 Å². The molecule has 0 saturated carbocycles. The summed E-state index contributed by atoms with van der Waals surface area (Å²) < 4.78 is 10.8. The molecular weight excluding hydrogens is 595 g/mol. The summed E-state index contributed by atoms with van der Waals surface area (Å²) in [5.74, 6) is 1.16. The van der Waals surface area contributed by atoms with Crippen molar-refractivity contribution in [2.75, 3.05) is 58.8 Å². The number of aryl methyl sites for hydroxylation is 1. The number of rotatable bonds is 13. The van der Waals surface area contributed by atoms with Gasteiger partial charge in [-0.15, -0.1) is 11.3 Å². The average Bonchev–Trinajstić information content (AvgIpc) is 3.66. The topological polar surface area (TPSA) is 74.4 Å². The molecule has 42 heavy (non-hydrogen) atoms. The Morgan fingerprint density at radius 1 is 0.976 bits per heavy atom. The van der Waals surface area contributed by atoms with E-state index < -0.39 is 6.03 Å². The van der Waals surface area contributed by atoms with Crippen molar-refractivity contribution in [2.24, 2.45) is 0 Å². The van der Waals surface area contributed by atoms with Crippen molar-refractivity contribution in [1.82, 2.24) is 14.7 Å². The second kappa shape index (κ2) is 15.5. The number of hydrogen-bond donors (Lipinski definition) is 1. The number of likely N-dealkylation sites (tertiary alicyclic amines) is 1.